The molecule has 2 aromatic heterocycles. The van der Waals surface area contributed by atoms with E-state index in [0.717, 1.165) is 19.5 Å². The minimum absolute atomic E-state index is 0.464. The summed E-state index contributed by atoms with van der Waals surface area (Å²) in [7, 11) is 0. The summed E-state index contributed by atoms with van der Waals surface area (Å²) in [6.07, 6.45) is 4.41. The van der Waals surface area contributed by atoms with E-state index in [9.17, 15) is 0 Å². The van der Waals surface area contributed by atoms with Crippen LogP contribution in [0.1, 0.15) is 12.2 Å². The lowest BCUT2D eigenvalue weighted by atomic mass is 10.4. The zero-order valence-electron chi connectivity index (χ0n) is 8.42. The average Bonchev–Trinajstić information content (AvgIpc) is 2.84. The minimum atomic E-state index is 0.464. The lowest BCUT2D eigenvalue weighted by Gasteiger charge is -2.00. The van der Waals surface area contributed by atoms with Crippen LogP contribution >= 0.6 is 0 Å². The first-order chi connectivity index (χ1) is 7.34. The number of nitrogens with one attached hydrogen (secondary N) is 1. The Morgan fingerprint density at radius 1 is 1.53 bits per heavy atom. The van der Waals surface area contributed by atoms with Crippen LogP contribution in [0, 0.1) is 6.92 Å². The molecule has 1 N–H and O–H groups in total. The molecule has 0 aromatic carbocycles. The van der Waals surface area contributed by atoms with Crippen molar-refractivity contribution in [2.45, 2.75) is 19.9 Å². The molecule has 2 heterocycles. The summed E-state index contributed by atoms with van der Waals surface area (Å²) in [5.41, 5.74) is 0. The van der Waals surface area contributed by atoms with Crippen molar-refractivity contribution in [2.24, 2.45) is 0 Å². The van der Waals surface area contributed by atoms with Crippen molar-refractivity contribution in [1.82, 2.24) is 25.1 Å². The van der Waals surface area contributed by atoms with Crippen molar-refractivity contribution in [3.05, 3.63) is 18.2 Å². The molecule has 0 radical (unpaired) electrons. The van der Waals surface area contributed by atoms with Crippen molar-refractivity contribution < 1.29 is 4.52 Å². The van der Waals surface area contributed by atoms with Crippen LogP contribution in [0.25, 0.3) is 0 Å². The smallest absolute Gasteiger partial charge is 0.321 e. The molecule has 0 aliphatic heterocycles. The second kappa shape index (κ2) is 4.54. The molecule has 0 saturated carbocycles. The Morgan fingerprint density at radius 3 is 3.13 bits per heavy atom. The number of nitrogens with zero attached hydrogens (tertiary/aromatic N) is 5. The van der Waals surface area contributed by atoms with Crippen LogP contribution in [-0.4, -0.2) is 31.7 Å². The van der Waals surface area contributed by atoms with Crippen LogP contribution in [0.15, 0.2) is 16.9 Å². The molecular weight excluding hydrogens is 196 g/mol. The Morgan fingerprint density at radius 2 is 2.47 bits per heavy atom. The van der Waals surface area contributed by atoms with Crippen LogP contribution in [0.4, 0.5) is 6.01 Å². The summed E-state index contributed by atoms with van der Waals surface area (Å²) in [6.45, 7) is 3.37. The number of hydrogen-bond donors (Lipinski definition) is 1. The third-order valence-electron chi connectivity index (χ3n) is 1.84. The van der Waals surface area contributed by atoms with E-state index in [-0.39, 0.29) is 0 Å². The maximum Gasteiger partial charge on any atom is 0.321 e. The predicted octanol–water partition coefficient (Wildman–Crippen LogP) is 0.472. The highest BCUT2D eigenvalue weighted by Crippen LogP contribution is 2.01. The fourth-order valence-electron chi connectivity index (χ4n) is 1.16. The van der Waals surface area contributed by atoms with Crippen molar-refractivity contribution in [3.63, 3.8) is 0 Å². The lowest BCUT2D eigenvalue weighted by molar-refractivity contribution is 0.424. The molecule has 0 unspecified atom stereocenters. The summed E-state index contributed by atoms with van der Waals surface area (Å²) >= 11 is 0. The first-order valence-corrected chi connectivity index (χ1v) is 4.73. The van der Waals surface area contributed by atoms with Crippen molar-refractivity contribution >= 4 is 6.01 Å². The third kappa shape index (κ3) is 2.76. The van der Waals surface area contributed by atoms with Crippen molar-refractivity contribution in [2.75, 3.05) is 11.9 Å². The van der Waals surface area contributed by atoms with Crippen LogP contribution in [0.5, 0.6) is 0 Å². The maximum absolute atomic E-state index is 4.89. The average molecular weight is 208 g/mol. The molecule has 2 rings (SSSR count). The van der Waals surface area contributed by atoms with Gasteiger partial charge in [0.05, 0.1) is 6.20 Å². The van der Waals surface area contributed by atoms with Crippen molar-refractivity contribution in [3.8, 4) is 0 Å². The van der Waals surface area contributed by atoms with E-state index in [1.165, 1.54) is 0 Å². The van der Waals surface area contributed by atoms with Crippen LogP contribution in [0.3, 0.4) is 0 Å². The minimum Gasteiger partial charge on any atom is -0.338 e. The highest BCUT2D eigenvalue weighted by Gasteiger charge is 2.00. The Hall–Kier alpha value is -1.92. The molecule has 80 valence electrons. The molecule has 15 heavy (non-hydrogen) atoms. The zero-order valence-corrected chi connectivity index (χ0v) is 8.42. The molecular formula is C8H12N6O. The standard InChI is InChI=1S/C8H12N6O/c1-7-11-8(15-12-7)9-3-2-5-14-6-4-10-13-14/h4,6H,2-3,5H2,1H3,(H,9,11,12). The van der Waals surface area contributed by atoms with Gasteiger partial charge in [-0.25, -0.2) is 0 Å². The third-order valence-corrected chi connectivity index (χ3v) is 1.84. The Bertz CT molecular complexity index is 395. The number of aryl methyl sites for hydroxylation is 2. The topological polar surface area (TPSA) is 81.7 Å². The zero-order chi connectivity index (χ0) is 10.5. The number of rotatable bonds is 5. The van der Waals surface area contributed by atoms with Gasteiger partial charge in [0.2, 0.25) is 0 Å². The molecule has 0 saturated heterocycles. The molecule has 2 aromatic rings. The highest BCUT2D eigenvalue weighted by atomic mass is 16.5. The van der Waals surface area contributed by atoms with Gasteiger partial charge in [0, 0.05) is 19.3 Å². The molecule has 7 nitrogen and oxygen atoms in total. The molecule has 0 aliphatic carbocycles. The predicted molar refractivity (Wildman–Crippen MR) is 52.2 cm³/mol. The van der Waals surface area contributed by atoms with Gasteiger partial charge in [-0.05, 0) is 13.3 Å². The Kier molecular flexibility index (Phi) is 2.91. The Balaban J connectivity index is 1.67. The summed E-state index contributed by atoms with van der Waals surface area (Å²) in [5, 5.41) is 14.3. The number of hydrogen-bond acceptors (Lipinski definition) is 6. The highest BCUT2D eigenvalue weighted by molar-refractivity contribution is 5.17. The van der Waals surface area contributed by atoms with Gasteiger partial charge in [-0.3, -0.25) is 4.68 Å². The lowest BCUT2D eigenvalue weighted by Crippen LogP contribution is -2.07. The molecule has 0 bridgehead atoms. The fourth-order valence-corrected chi connectivity index (χ4v) is 1.16. The van der Waals surface area contributed by atoms with Gasteiger partial charge in [-0.2, -0.15) is 4.98 Å². The molecule has 0 aliphatic rings. The van der Waals surface area contributed by atoms with Gasteiger partial charge in [0.25, 0.3) is 0 Å². The van der Waals surface area contributed by atoms with Crippen LogP contribution < -0.4 is 5.32 Å². The van der Waals surface area contributed by atoms with E-state index in [1.807, 2.05) is 6.20 Å². The maximum atomic E-state index is 4.89. The van der Waals surface area contributed by atoms with Crippen LogP contribution in [0.2, 0.25) is 0 Å². The molecule has 0 amide bonds. The summed E-state index contributed by atoms with van der Waals surface area (Å²) < 4.78 is 6.67. The van der Waals surface area contributed by atoms with Gasteiger partial charge in [0.1, 0.15) is 0 Å². The Labute approximate surface area is 86.5 Å². The molecule has 7 heteroatoms. The van der Waals surface area contributed by atoms with E-state index in [4.69, 9.17) is 4.52 Å². The second-order valence-electron chi connectivity index (χ2n) is 3.09. The second-order valence-corrected chi connectivity index (χ2v) is 3.09. The molecule has 0 spiro atoms. The SMILES string of the molecule is Cc1noc(NCCCn2ccnn2)n1. The van der Waals surface area contributed by atoms with E-state index < -0.39 is 0 Å². The monoisotopic (exact) mass is 208 g/mol. The number of anilines is 1. The largest absolute Gasteiger partial charge is 0.338 e. The summed E-state index contributed by atoms with van der Waals surface area (Å²) in [6, 6.07) is 0.464. The van der Waals surface area contributed by atoms with E-state index >= 15 is 0 Å². The summed E-state index contributed by atoms with van der Waals surface area (Å²) in [5.74, 6) is 0.633. The first-order valence-electron chi connectivity index (χ1n) is 4.73. The van der Waals surface area contributed by atoms with Gasteiger partial charge in [-0.15, -0.1) is 5.10 Å². The van der Waals surface area contributed by atoms with Gasteiger partial charge in [-0.1, -0.05) is 10.4 Å². The first kappa shape index (κ1) is 9.63. The van der Waals surface area contributed by atoms with Crippen LogP contribution in [-0.2, 0) is 6.54 Å². The summed E-state index contributed by atoms with van der Waals surface area (Å²) in [4.78, 5) is 4.02. The molecule has 0 atom stereocenters. The van der Waals surface area contributed by atoms with Gasteiger partial charge >= 0.3 is 6.01 Å². The quantitative estimate of drug-likeness (QED) is 0.719. The van der Waals surface area contributed by atoms with E-state index in [2.05, 4.69) is 25.8 Å². The van der Waals surface area contributed by atoms with E-state index in [0.29, 0.717) is 11.8 Å². The normalized spacial score (nSPS) is 10.5. The van der Waals surface area contributed by atoms with Crippen molar-refractivity contribution in [1.29, 1.82) is 0 Å². The fraction of sp³-hybridized carbons (Fsp3) is 0.500. The molecule has 0 fully saturated rings. The van der Waals surface area contributed by atoms with Gasteiger partial charge < -0.3 is 9.84 Å². The number of aromatic nitrogens is 5. The van der Waals surface area contributed by atoms with E-state index in [1.54, 1.807) is 17.8 Å². The van der Waals surface area contributed by atoms with Gasteiger partial charge in [0.15, 0.2) is 5.82 Å².